The van der Waals surface area contributed by atoms with Gasteiger partial charge in [-0.3, -0.25) is 4.79 Å². The molecular formula is C13H16O5. The van der Waals surface area contributed by atoms with Crippen LogP contribution in [0.5, 0.6) is 5.75 Å². The Hall–Kier alpha value is -2.04. The first-order valence-corrected chi connectivity index (χ1v) is 5.62. The molecule has 0 amide bonds. The zero-order chi connectivity index (χ0) is 13.7. The minimum atomic E-state index is -1.09. The summed E-state index contributed by atoms with van der Waals surface area (Å²) in [7, 11) is 1.40. The van der Waals surface area contributed by atoms with E-state index in [1.807, 2.05) is 0 Å². The number of benzene rings is 1. The predicted molar refractivity (Wildman–Crippen MR) is 65.1 cm³/mol. The lowest BCUT2D eigenvalue weighted by molar-refractivity contribution is -0.141. The van der Waals surface area contributed by atoms with Gasteiger partial charge in [0.25, 0.3) is 0 Å². The van der Waals surface area contributed by atoms with Crippen LogP contribution in [0.4, 0.5) is 0 Å². The Labute approximate surface area is 105 Å². The monoisotopic (exact) mass is 252 g/mol. The molecule has 5 nitrogen and oxygen atoms in total. The molecule has 0 aliphatic carbocycles. The Morgan fingerprint density at radius 1 is 1.33 bits per heavy atom. The highest BCUT2D eigenvalue weighted by Gasteiger charge is 2.18. The molecule has 0 bridgehead atoms. The van der Waals surface area contributed by atoms with Crippen LogP contribution in [-0.4, -0.2) is 29.3 Å². The largest absolute Gasteiger partial charge is 0.496 e. The van der Waals surface area contributed by atoms with Crippen molar-refractivity contribution in [2.75, 3.05) is 7.11 Å². The topological polar surface area (TPSA) is 83.8 Å². The summed E-state index contributed by atoms with van der Waals surface area (Å²) >= 11 is 0. The maximum Gasteiger partial charge on any atom is 0.339 e. The highest BCUT2D eigenvalue weighted by Crippen LogP contribution is 2.22. The molecule has 98 valence electrons. The summed E-state index contributed by atoms with van der Waals surface area (Å²) in [6.07, 6.45) is 0.819. The molecule has 0 saturated carbocycles. The van der Waals surface area contributed by atoms with Crippen LogP contribution in [0.15, 0.2) is 18.2 Å². The lowest BCUT2D eigenvalue weighted by atomic mass is 9.96. The van der Waals surface area contributed by atoms with Gasteiger partial charge in [0.05, 0.1) is 13.0 Å². The molecule has 5 heteroatoms. The summed E-state index contributed by atoms with van der Waals surface area (Å²) in [6, 6.07) is 4.71. The summed E-state index contributed by atoms with van der Waals surface area (Å²) < 4.78 is 4.94. The first-order chi connectivity index (χ1) is 8.49. The molecule has 0 heterocycles. The summed E-state index contributed by atoms with van der Waals surface area (Å²) in [5.41, 5.74) is 0.734. The van der Waals surface area contributed by atoms with Crippen molar-refractivity contribution in [1.29, 1.82) is 0 Å². The second-order valence-electron chi connectivity index (χ2n) is 3.99. The third-order valence-corrected chi connectivity index (χ3v) is 2.82. The van der Waals surface area contributed by atoms with Crippen molar-refractivity contribution >= 4 is 11.9 Å². The Kier molecular flexibility index (Phi) is 4.71. The van der Waals surface area contributed by atoms with Crippen LogP contribution in [-0.2, 0) is 11.2 Å². The van der Waals surface area contributed by atoms with E-state index in [9.17, 15) is 9.59 Å². The standard InChI is InChI=1S/C13H16O5/c1-3-9(12(14)15)6-8-4-5-11(18-2)10(7-8)13(16)17/h4-5,7,9H,3,6H2,1-2H3,(H,14,15)(H,16,17). The number of hydrogen-bond acceptors (Lipinski definition) is 3. The van der Waals surface area contributed by atoms with Gasteiger partial charge in [-0.25, -0.2) is 4.79 Å². The number of aromatic carboxylic acids is 1. The van der Waals surface area contributed by atoms with Crippen LogP contribution in [0.2, 0.25) is 0 Å². The van der Waals surface area contributed by atoms with Crippen LogP contribution < -0.4 is 4.74 Å². The third kappa shape index (κ3) is 3.23. The molecule has 0 saturated heterocycles. The summed E-state index contributed by atoms with van der Waals surface area (Å²) in [5, 5.41) is 18.0. The van der Waals surface area contributed by atoms with Crippen LogP contribution in [0, 0.1) is 5.92 Å². The van der Waals surface area contributed by atoms with E-state index in [2.05, 4.69) is 0 Å². The number of carbonyl (C=O) groups is 2. The van der Waals surface area contributed by atoms with Crippen molar-refractivity contribution < 1.29 is 24.5 Å². The fraction of sp³-hybridized carbons (Fsp3) is 0.385. The lowest BCUT2D eigenvalue weighted by Gasteiger charge is -2.11. The highest BCUT2D eigenvalue weighted by molar-refractivity contribution is 5.91. The molecule has 1 aromatic carbocycles. The van der Waals surface area contributed by atoms with E-state index < -0.39 is 17.9 Å². The number of hydrogen-bond donors (Lipinski definition) is 2. The molecule has 0 aliphatic heterocycles. The van der Waals surface area contributed by atoms with Crippen molar-refractivity contribution in [2.24, 2.45) is 5.92 Å². The molecule has 0 spiro atoms. The summed E-state index contributed by atoms with van der Waals surface area (Å²) in [5.74, 6) is -2.18. The van der Waals surface area contributed by atoms with Crippen LogP contribution in [0.3, 0.4) is 0 Å². The van der Waals surface area contributed by atoms with Gasteiger partial charge in [-0.2, -0.15) is 0 Å². The van der Waals surface area contributed by atoms with E-state index in [-0.39, 0.29) is 11.3 Å². The third-order valence-electron chi connectivity index (χ3n) is 2.82. The van der Waals surface area contributed by atoms with E-state index in [0.29, 0.717) is 18.4 Å². The van der Waals surface area contributed by atoms with E-state index in [1.165, 1.54) is 13.2 Å². The van der Waals surface area contributed by atoms with Crippen molar-refractivity contribution in [3.05, 3.63) is 29.3 Å². The predicted octanol–water partition coefficient (Wildman–Crippen LogP) is 2.05. The number of ether oxygens (including phenoxy) is 1. The van der Waals surface area contributed by atoms with E-state index in [0.717, 1.165) is 0 Å². The Morgan fingerprint density at radius 2 is 2.00 bits per heavy atom. The molecule has 1 atom stereocenters. The van der Waals surface area contributed by atoms with Crippen LogP contribution in [0.1, 0.15) is 29.3 Å². The molecule has 0 fully saturated rings. The number of rotatable bonds is 6. The van der Waals surface area contributed by atoms with Gasteiger partial charge in [-0.1, -0.05) is 13.0 Å². The van der Waals surface area contributed by atoms with E-state index >= 15 is 0 Å². The molecule has 0 aromatic heterocycles. The molecular weight excluding hydrogens is 236 g/mol. The molecule has 18 heavy (non-hydrogen) atoms. The normalized spacial score (nSPS) is 11.9. The molecule has 0 radical (unpaired) electrons. The Balaban J connectivity index is 3.01. The van der Waals surface area contributed by atoms with Gasteiger partial charge in [0, 0.05) is 0 Å². The molecule has 1 aromatic rings. The SMILES string of the molecule is CCC(Cc1ccc(OC)c(C(=O)O)c1)C(=O)O. The second kappa shape index (κ2) is 6.05. The van der Waals surface area contributed by atoms with Crippen molar-refractivity contribution in [2.45, 2.75) is 19.8 Å². The number of carboxylic acid groups (broad SMARTS) is 2. The van der Waals surface area contributed by atoms with Crippen LogP contribution in [0.25, 0.3) is 0 Å². The average Bonchev–Trinajstić information content (AvgIpc) is 2.35. The van der Waals surface area contributed by atoms with Gasteiger partial charge in [0.2, 0.25) is 0 Å². The Bertz CT molecular complexity index is 453. The maximum absolute atomic E-state index is 11.0. The quantitative estimate of drug-likeness (QED) is 0.809. The van der Waals surface area contributed by atoms with Gasteiger partial charge < -0.3 is 14.9 Å². The van der Waals surface area contributed by atoms with Crippen LogP contribution >= 0.6 is 0 Å². The van der Waals surface area contributed by atoms with Gasteiger partial charge in [0.15, 0.2) is 0 Å². The first-order valence-electron chi connectivity index (χ1n) is 5.62. The Morgan fingerprint density at radius 3 is 2.44 bits per heavy atom. The molecule has 1 rings (SSSR count). The number of aliphatic carboxylic acids is 1. The van der Waals surface area contributed by atoms with Crippen molar-refractivity contribution in [1.82, 2.24) is 0 Å². The fourth-order valence-electron chi connectivity index (χ4n) is 1.74. The van der Waals surface area contributed by atoms with Crippen molar-refractivity contribution in [3.8, 4) is 5.75 Å². The minimum Gasteiger partial charge on any atom is -0.496 e. The van der Waals surface area contributed by atoms with E-state index in [1.54, 1.807) is 19.1 Å². The summed E-state index contributed by atoms with van der Waals surface area (Å²) in [4.78, 5) is 22.0. The van der Waals surface area contributed by atoms with Gasteiger partial charge in [-0.05, 0) is 30.5 Å². The average molecular weight is 252 g/mol. The number of carboxylic acids is 2. The minimum absolute atomic E-state index is 0.0511. The smallest absolute Gasteiger partial charge is 0.339 e. The lowest BCUT2D eigenvalue weighted by Crippen LogP contribution is -2.15. The first kappa shape index (κ1) is 14.0. The van der Waals surface area contributed by atoms with Gasteiger partial charge >= 0.3 is 11.9 Å². The van der Waals surface area contributed by atoms with Gasteiger partial charge in [-0.15, -0.1) is 0 Å². The molecule has 0 aliphatic rings. The second-order valence-corrected chi connectivity index (χ2v) is 3.99. The number of methoxy groups -OCH3 is 1. The van der Waals surface area contributed by atoms with Gasteiger partial charge in [0.1, 0.15) is 11.3 Å². The van der Waals surface area contributed by atoms with E-state index in [4.69, 9.17) is 14.9 Å². The highest BCUT2D eigenvalue weighted by atomic mass is 16.5. The molecule has 2 N–H and O–H groups in total. The maximum atomic E-state index is 11.0. The van der Waals surface area contributed by atoms with Crippen molar-refractivity contribution in [3.63, 3.8) is 0 Å². The zero-order valence-electron chi connectivity index (χ0n) is 10.3. The molecule has 1 unspecified atom stereocenters. The summed E-state index contributed by atoms with van der Waals surface area (Å²) in [6.45, 7) is 1.79. The fourth-order valence-corrected chi connectivity index (χ4v) is 1.74. The zero-order valence-corrected chi connectivity index (χ0v) is 10.3.